The van der Waals surface area contributed by atoms with E-state index in [9.17, 15) is 4.79 Å². The molecular formula is C12H14BrNO2. The molecule has 0 atom stereocenters. The Kier molecular flexibility index (Phi) is 3.19. The number of halogens is 1. The normalized spacial score (nSPS) is 14.5. The van der Waals surface area contributed by atoms with Crippen LogP contribution < -0.4 is 9.64 Å². The van der Waals surface area contributed by atoms with Gasteiger partial charge in [-0.05, 0) is 53.5 Å². The van der Waals surface area contributed by atoms with Crippen LogP contribution >= 0.6 is 15.9 Å². The van der Waals surface area contributed by atoms with Gasteiger partial charge in [0.05, 0.1) is 6.42 Å². The van der Waals surface area contributed by atoms with Crippen molar-refractivity contribution in [2.75, 3.05) is 10.4 Å². The van der Waals surface area contributed by atoms with E-state index >= 15 is 0 Å². The summed E-state index contributed by atoms with van der Waals surface area (Å²) in [5, 5.41) is 0. The number of nitrogens with zero attached hydrogens (tertiary/aromatic N) is 1. The summed E-state index contributed by atoms with van der Waals surface area (Å²) < 4.78 is 5.35. The minimum Gasteiger partial charge on any atom is -0.482 e. The predicted molar refractivity (Wildman–Crippen MR) is 67.2 cm³/mol. The third-order valence-electron chi connectivity index (χ3n) is 2.66. The fourth-order valence-corrected chi connectivity index (χ4v) is 2.30. The van der Waals surface area contributed by atoms with Crippen LogP contribution in [-0.4, -0.2) is 17.5 Å². The minimum atomic E-state index is 0.168. The molecule has 4 heteroatoms. The molecule has 1 aromatic rings. The summed E-state index contributed by atoms with van der Waals surface area (Å²) >= 11 is 3.21. The highest BCUT2D eigenvalue weighted by atomic mass is 79.9. The quantitative estimate of drug-likeness (QED) is 0.799. The lowest BCUT2D eigenvalue weighted by Crippen LogP contribution is -2.33. The fourth-order valence-electron chi connectivity index (χ4n) is 2.04. The summed E-state index contributed by atoms with van der Waals surface area (Å²) in [5.41, 5.74) is 2.53. The molecule has 1 heterocycles. The number of carbonyl (C=O) groups is 1. The SMILES string of the molecule is CC(C)N1C(=O)Cc2cc(OCBr)ccc21. The average molecular weight is 284 g/mol. The molecule has 0 saturated heterocycles. The molecule has 1 amide bonds. The number of hydrogen-bond acceptors (Lipinski definition) is 2. The van der Waals surface area contributed by atoms with Gasteiger partial charge >= 0.3 is 0 Å². The predicted octanol–water partition coefficient (Wildman–Crippen LogP) is 2.72. The molecule has 0 unspecified atom stereocenters. The van der Waals surface area contributed by atoms with E-state index in [-0.39, 0.29) is 11.9 Å². The van der Waals surface area contributed by atoms with E-state index in [2.05, 4.69) is 15.9 Å². The van der Waals surface area contributed by atoms with E-state index in [0.29, 0.717) is 11.9 Å². The Morgan fingerprint density at radius 3 is 2.88 bits per heavy atom. The van der Waals surface area contributed by atoms with Crippen LogP contribution in [0.25, 0.3) is 0 Å². The van der Waals surface area contributed by atoms with E-state index in [0.717, 1.165) is 17.0 Å². The summed E-state index contributed by atoms with van der Waals surface area (Å²) in [4.78, 5) is 13.7. The third kappa shape index (κ3) is 1.94. The van der Waals surface area contributed by atoms with Gasteiger partial charge < -0.3 is 9.64 Å². The van der Waals surface area contributed by atoms with E-state index in [1.807, 2.05) is 36.9 Å². The summed E-state index contributed by atoms with van der Waals surface area (Å²) in [7, 11) is 0. The second kappa shape index (κ2) is 4.45. The van der Waals surface area contributed by atoms with E-state index in [1.54, 1.807) is 0 Å². The topological polar surface area (TPSA) is 29.5 Å². The van der Waals surface area contributed by atoms with Crippen molar-refractivity contribution in [1.82, 2.24) is 0 Å². The molecule has 1 aliphatic rings. The second-order valence-corrected chi connectivity index (χ2v) is 4.54. The monoisotopic (exact) mass is 283 g/mol. The molecule has 1 aliphatic heterocycles. The largest absolute Gasteiger partial charge is 0.482 e. The number of carbonyl (C=O) groups excluding carboxylic acids is 1. The van der Waals surface area contributed by atoms with Gasteiger partial charge in [-0.2, -0.15) is 0 Å². The first-order chi connectivity index (χ1) is 7.63. The molecule has 0 spiro atoms. The lowest BCUT2D eigenvalue weighted by atomic mass is 10.1. The van der Waals surface area contributed by atoms with E-state index < -0.39 is 0 Å². The van der Waals surface area contributed by atoms with Gasteiger partial charge in [0.2, 0.25) is 5.91 Å². The highest BCUT2D eigenvalue weighted by Gasteiger charge is 2.29. The maximum absolute atomic E-state index is 11.8. The van der Waals surface area contributed by atoms with Crippen LogP contribution in [-0.2, 0) is 11.2 Å². The number of benzene rings is 1. The van der Waals surface area contributed by atoms with Gasteiger partial charge in [-0.3, -0.25) is 4.79 Å². The Morgan fingerprint density at radius 2 is 2.25 bits per heavy atom. The fraction of sp³-hybridized carbons (Fsp3) is 0.417. The van der Waals surface area contributed by atoms with Crippen molar-refractivity contribution in [2.45, 2.75) is 26.3 Å². The van der Waals surface area contributed by atoms with Crippen LogP contribution in [0.4, 0.5) is 5.69 Å². The zero-order valence-electron chi connectivity index (χ0n) is 9.37. The Balaban J connectivity index is 2.34. The highest BCUT2D eigenvalue weighted by molar-refractivity contribution is 9.09. The number of alkyl halides is 1. The van der Waals surface area contributed by atoms with Gasteiger partial charge in [0.25, 0.3) is 0 Å². The van der Waals surface area contributed by atoms with Gasteiger partial charge in [-0.1, -0.05) is 0 Å². The number of fused-ring (bicyclic) bond motifs is 1. The minimum absolute atomic E-state index is 0.168. The Hall–Kier alpha value is -1.03. The number of hydrogen-bond donors (Lipinski definition) is 0. The number of amides is 1. The second-order valence-electron chi connectivity index (χ2n) is 4.08. The number of anilines is 1. The lowest BCUT2D eigenvalue weighted by Gasteiger charge is -2.21. The smallest absolute Gasteiger partial charge is 0.231 e. The first kappa shape index (κ1) is 11.5. The zero-order valence-corrected chi connectivity index (χ0v) is 11.0. The van der Waals surface area contributed by atoms with Crippen molar-refractivity contribution in [3.8, 4) is 5.75 Å². The number of rotatable bonds is 3. The van der Waals surface area contributed by atoms with Crippen LogP contribution in [0.5, 0.6) is 5.75 Å². The average Bonchev–Trinajstić information content (AvgIpc) is 2.53. The molecule has 3 nitrogen and oxygen atoms in total. The van der Waals surface area contributed by atoms with Crippen molar-refractivity contribution >= 4 is 27.5 Å². The van der Waals surface area contributed by atoms with Gasteiger partial charge in [-0.15, -0.1) is 0 Å². The maximum atomic E-state index is 11.8. The lowest BCUT2D eigenvalue weighted by molar-refractivity contribution is -0.117. The first-order valence-electron chi connectivity index (χ1n) is 5.27. The maximum Gasteiger partial charge on any atom is 0.231 e. The van der Waals surface area contributed by atoms with Crippen molar-refractivity contribution < 1.29 is 9.53 Å². The van der Waals surface area contributed by atoms with Crippen LogP contribution in [0.2, 0.25) is 0 Å². The summed E-state index contributed by atoms with van der Waals surface area (Å²) in [6, 6.07) is 6.00. The Labute approximate surface area is 104 Å². The molecule has 16 heavy (non-hydrogen) atoms. The van der Waals surface area contributed by atoms with Gasteiger partial charge in [-0.25, -0.2) is 0 Å². The number of ether oxygens (including phenoxy) is 1. The Bertz CT molecular complexity index is 417. The van der Waals surface area contributed by atoms with Crippen molar-refractivity contribution in [3.63, 3.8) is 0 Å². The standard InChI is InChI=1S/C12H14BrNO2/c1-8(2)14-11-4-3-10(16-7-13)5-9(11)6-12(14)15/h3-5,8H,6-7H2,1-2H3. The molecule has 0 bridgehead atoms. The van der Waals surface area contributed by atoms with E-state index in [4.69, 9.17) is 4.74 Å². The van der Waals surface area contributed by atoms with Crippen molar-refractivity contribution in [1.29, 1.82) is 0 Å². The Morgan fingerprint density at radius 1 is 1.50 bits per heavy atom. The van der Waals surface area contributed by atoms with Crippen molar-refractivity contribution in [3.05, 3.63) is 23.8 Å². The highest BCUT2D eigenvalue weighted by Crippen LogP contribution is 2.33. The molecule has 0 aromatic heterocycles. The van der Waals surface area contributed by atoms with E-state index in [1.165, 1.54) is 0 Å². The van der Waals surface area contributed by atoms with Crippen LogP contribution in [0.3, 0.4) is 0 Å². The molecule has 2 rings (SSSR count). The molecule has 0 radical (unpaired) electrons. The van der Waals surface area contributed by atoms with Crippen LogP contribution in [0, 0.1) is 0 Å². The van der Waals surface area contributed by atoms with Crippen molar-refractivity contribution in [2.24, 2.45) is 0 Å². The van der Waals surface area contributed by atoms with Gasteiger partial charge in [0.1, 0.15) is 11.3 Å². The van der Waals surface area contributed by atoms with Crippen LogP contribution in [0.1, 0.15) is 19.4 Å². The third-order valence-corrected chi connectivity index (χ3v) is 2.89. The molecule has 0 fully saturated rings. The molecule has 0 N–H and O–H groups in total. The molecule has 0 aliphatic carbocycles. The first-order valence-corrected chi connectivity index (χ1v) is 6.39. The molecular weight excluding hydrogens is 270 g/mol. The van der Waals surface area contributed by atoms with Gasteiger partial charge in [0.15, 0.2) is 0 Å². The molecule has 86 valence electrons. The molecule has 0 saturated carbocycles. The summed E-state index contributed by atoms with van der Waals surface area (Å²) in [6.07, 6.45) is 0.479. The van der Waals surface area contributed by atoms with Crippen LogP contribution in [0.15, 0.2) is 18.2 Å². The summed E-state index contributed by atoms with van der Waals surface area (Å²) in [5.74, 6) is 0.968. The summed E-state index contributed by atoms with van der Waals surface area (Å²) in [6.45, 7) is 4.05. The zero-order chi connectivity index (χ0) is 11.7. The van der Waals surface area contributed by atoms with Gasteiger partial charge in [0, 0.05) is 11.7 Å². The molecule has 1 aromatic carbocycles.